The van der Waals surface area contributed by atoms with E-state index in [1.165, 1.54) is 0 Å². The van der Waals surface area contributed by atoms with Crippen molar-refractivity contribution in [2.24, 2.45) is 5.73 Å². The Bertz CT molecular complexity index is 187. The van der Waals surface area contributed by atoms with E-state index in [1.54, 1.807) is 0 Å². The summed E-state index contributed by atoms with van der Waals surface area (Å²) in [6.45, 7) is 10.3. The Kier molecular flexibility index (Phi) is 7.40. The van der Waals surface area contributed by atoms with Gasteiger partial charge in [0.1, 0.15) is 6.17 Å². The highest BCUT2D eigenvalue weighted by molar-refractivity contribution is 5.13. The van der Waals surface area contributed by atoms with Crippen LogP contribution in [0, 0.1) is 0 Å². The molecule has 2 heteroatoms. The lowest BCUT2D eigenvalue weighted by Gasteiger charge is -2.12. The molecular formula is C12H22FN. The molecule has 1 atom stereocenters. The van der Waals surface area contributed by atoms with Gasteiger partial charge in [-0.3, -0.25) is 0 Å². The van der Waals surface area contributed by atoms with Gasteiger partial charge in [0, 0.05) is 0 Å². The number of halogens is 1. The molecule has 0 aromatic rings. The van der Waals surface area contributed by atoms with E-state index in [2.05, 4.69) is 20.1 Å². The summed E-state index contributed by atoms with van der Waals surface area (Å²) in [5.74, 6) is 0. The van der Waals surface area contributed by atoms with Gasteiger partial charge in [0.05, 0.1) is 0 Å². The summed E-state index contributed by atoms with van der Waals surface area (Å²) < 4.78 is 13.4. The summed E-state index contributed by atoms with van der Waals surface area (Å²) in [4.78, 5) is 0. The minimum atomic E-state index is -0.910. The second kappa shape index (κ2) is 7.74. The molecule has 1 unspecified atom stereocenters. The lowest BCUT2D eigenvalue weighted by atomic mass is 9.98. The molecular weight excluding hydrogens is 177 g/mol. The van der Waals surface area contributed by atoms with E-state index in [0.29, 0.717) is 25.0 Å². The van der Waals surface area contributed by atoms with E-state index in [0.717, 1.165) is 24.8 Å². The second-order valence-corrected chi connectivity index (χ2v) is 3.73. The predicted octanol–water partition coefficient (Wildman–Crippen LogP) is 3.37. The number of allylic oxidation sites excluding steroid dienone is 2. The molecule has 2 N–H and O–H groups in total. The maximum absolute atomic E-state index is 13.4. The molecule has 0 saturated heterocycles. The zero-order chi connectivity index (χ0) is 11.0. The van der Waals surface area contributed by atoms with Crippen LogP contribution in [0.3, 0.4) is 0 Å². The summed E-state index contributed by atoms with van der Waals surface area (Å²) in [6.07, 6.45) is 2.95. The van der Waals surface area contributed by atoms with Crippen molar-refractivity contribution in [2.45, 2.75) is 45.2 Å². The Morgan fingerprint density at radius 2 is 2.07 bits per heavy atom. The van der Waals surface area contributed by atoms with E-state index in [1.807, 2.05) is 0 Å². The molecule has 82 valence electrons. The maximum atomic E-state index is 13.4. The highest BCUT2D eigenvalue weighted by Gasteiger charge is 2.10. The van der Waals surface area contributed by atoms with Gasteiger partial charge in [-0.2, -0.15) is 0 Å². The molecule has 0 aromatic heterocycles. The summed E-state index contributed by atoms with van der Waals surface area (Å²) in [7, 11) is 0. The van der Waals surface area contributed by atoms with E-state index < -0.39 is 6.17 Å². The van der Waals surface area contributed by atoms with Gasteiger partial charge < -0.3 is 5.73 Å². The average Bonchev–Trinajstić information content (AvgIpc) is 2.14. The number of alkyl halides is 1. The van der Waals surface area contributed by atoms with E-state index in [9.17, 15) is 4.39 Å². The minimum absolute atomic E-state index is 0.495. The van der Waals surface area contributed by atoms with E-state index >= 15 is 0 Å². The van der Waals surface area contributed by atoms with Gasteiger partial charge in [0.15, 0.2) is 0 Å². The summed E-state index contributed by atoms with van der Waals surface area (Å²) in [5.41, 5.74) is 7.04. The number of nitrogens with two attached hydrogens (primary N) is 1. The van der Waals surface area contributed by atoms with Crippen LogP contribution in [0.1, 0.15) is 39.0 Å². The third-order valence-corrected chi connectivity index (χ3v) is 2.19. The lowest BCUT2D eigenvalue weighted by Crippen LogP contribution is -2.08. The Labute approximate surface area is 86.9 Å². The van der Waals surface area contributed by atoms with Gasteiger partial charge in [-0.15, -0.1) is 0 Å². The quantitative estimate of drug-likeness (QED) is 0.596. The van der Waals surface area contributed by atoms with Crippen molar-refractivity contribution in [3.05, 3.63) is 24.3 Å². The first-order valence-corrected chi connectivity index (χ1v) is 5.30. The third-order valence-electron chi connectivity index (χ3n) is 2.19. The van der Waals surface area contributed by atoms with Gasteiger partial charge in [-0.1, -0.05) is 32.1 Å². The molecule has 0 bridgehead atoms. The Hall–Kier alpha value is -0.630. The monoisotopic (exact) mass is 199 g/mol. The first-order chi connectivity index (χ1) is 6.61. The molecule has 0 radical (unpaired) electrons. The molecule has 0 heterocycles. The number of hydrogen-bond acceptors (Lipinski definition) is 1. The zero-order valence-corrected chi connectivity index (χ0v) is 9.19. The van der Waals surface area contributed by atoms with Gasteiger partial charge in [-0.25, -0.2) is 4.39 Å². The second-order valence-electron chi connectivity index (χ2n) is 3.73. The number of hydrogen-bond donors (Lipinski definition) is 1. The normalized spacial score (nSPS) is 12.5. The summed E-state index contributed by atoms with van der Waals surface area (Å²) in [5, 5.41) is 0. The van der Waals surface area contributed by atoms with Crippen molar-refractivity contribution < 1.29 is 4.39 Å². The van der Waals surface area contributed by atoms with Crippen molar-refractivity contribution in [1.29, 1.82) is 0 Å². The van der Waals surface area contributed by atoms with Crippen molar-refractivity contribution in [1.82, 2.24) is 0 Å². The Morgan fingerprint density at radius 1 is 1.43 bits per heavy atom. The van der Waals surface area contributed by atoms with Crippen LogP contribution in [-0.2, 0) is 0 Å². The van der Waals surface area contributed by atoms with Crippen molar-refractivity contribution in [2.75, 3.05) is 6.54 Å². The van der Waals surface area contributed by atoms with Crippen molar-refractivity contribution in [3.8, 4) is 0 Å². The zero-order valence-electron chi connectivity index (χ0n) is 9.19. The maximum Gasteiger partial charge on any atom is 0.121 e. The van der Waals surface area contributed by atoms with Gasteiger partial charge in [0.2, 0.25) is 0 Å². The molecule has 0 amide bonds. The van der Waals surface area contributed by atoms with Crippen LogP contribution in [0.2, 0.25) is 0 Å². The lowest BCUT2D eigenvalue weighted by molar-refractivity contribution is 0.350. The molecule has 0 aromatic carbocycles. The molecule has 0 saturated carbocycles. The topological polar surface area (TPSA) is 26.0 Å². The first-order valence-electron chi connectivity index (χ1n) is 5.30. The smallest absolute Gasteiger partial charge is 0.121 e. The molecule has 0 aliphatic rings. The molecule has 14 heavy (non-hydrogen) atoms. The molecule has 0 rings (SSSR count). The van der Waals surface area contributed by atoms with Crippen LogP contribution in [0.15, 0.2) is 24.3 Å². The molecule has 0 spiro atoms. The van der Waals surface area contributed by atoms with Crippen LogP contribution in [0.25, 0.3) is 0 Å². The van der Waals surface area contributed by atoms with E-state index in [-0.39, 0.29) is 0 Å². The third kappa shape index (κ3) is 5.92. The molecule has 0 aliphatic carbocycles. The Morgan fingerprint density at radius 3 is 2.57 bits per heavy atom. The van der Waals surface area contributed by atoms with Gasteiger partial charge in [0.25, 0.3) is 0 Å². The highest BCUT2D eigenvalue weighted by Crippen LogP contribution is 2.20. The SMILES string of the molecule is C=C(CCC)CC(=C)C(F)CCCN. The highest BCUT2D eigenvalue weighted by atomic mass is 19.1. The van der Waals surface area contributed by atoms with Crippen molar-refractivity contribution >= 4 is 0 Å². The summed E-state index contributed by atoms with van der Waals surface area (Å²) in [6, 6.07) is 0. The molecule has 1 nitrogen and oxygen atoms in total. The fraction of sp³-hybridized carbons (Fsp3) is 0.667. The Balaban J connectivity index is 3.76. The van der Waals surface area contributed by atoms with Crippen LogP contribution < -0.4 is 5.73 Å². The average molecular weight is 199 g/mol. The largest absolute Gasteiger partial charge is 0.330 e. The van der Waals surface area contributed by atoms with Crippen LogP contribution in [0.4, 0.5) is 4.39 Å². The van der Waals surface area contributed by atoms with Crippen LogP contribution in [-0.4, -0.2) is 12.7 Å². The summed E-state index contributed by atoms with van der Waals surface area (Å²) >= 11 is 0. The van der Waals surface area contributed by atoms with Crippen LogP contribution >= 0.6 is 0 Å². The van der Waals surface area contributed by atoms with Crippen LogP contribution in [0.5, 0.6) is 0 Å². The van der Waals surface area contributed by atoms with E-state index in [4.69, 9.17) is 5.73 Å². The molecule has 0 aliphatic heterocycles. The fourth-order valence-electron chi connectivity index (χ4n) is 1.37. The van der Waals surface area contributed by atoms with Gasteiger partial charge in [-0.05, 0) is 37.8 Å². The fourth-order valence-corrected chi connectivity index (χ4v) is 1.37. The molecule has 0 fully saturated rings. The minimum Gasteiger partial charge on any atom is -0.330 e. The number of rotatable bonds is 8. The standard InChI is InChI=1S/C12H22FN/c1-4-6-10(2)9-11(3)12(13)7-5-8-14/h12H,2-9,14H2,1H3. The predicted molar refractivity (Wildman–Crippen MR) is 61.0 cm³/mol. The van der Waals surface area contributed by atoms with Gasteiger partial charge >= 0.3 is 0 Å². The first kappa shape index (κ1) is 13.4. The van der Waals surface area contributed by atoms with Crippen molar-refractivity contribution in [3.63, 3.8) is 0 Å².